The molecule has 84 valence electrons. The molecular formula is C13H10FN3. The molecule has 0 saturated heterocycles. The predicted molar refractivity (Wildman–Crippen MR) is 65.3 cm³/mol. The summed E-state index contributed by atoms with van der Waals surface area (Å²) >= 11 is 0. The third-order valence-electron chi connectivity index (χ3n) is 2.35. The van der Waals surface area contributed by atoms with E-state index in [0.29, 0.717) is 22.6 Å². The Kier molecular flexibility index (Phi) is 2.93. The van der Waals surface area contributed by atoms with Crippen molar-refractivity contribution >= 4 is 17.1 Å². The SMILES string of the molecule is N#Cc1cccc(Nc2ccc(F)cc2)c1N. The molecule has 0 saturated carbocycles. The maximum absolute atomic E-state index is 12.7. The normalized spacial score (nSPS) is 9.65. The van der Waals surface area contributed by atoms with Crippen LogP contribution in [0.5, 0.6) is 0 Å². The lowest BCUT2D eigenvalue weighted by Crippen LogP contribution is -1.98. The van der Waals surface area contributed by atoms with E-state index in [1.165, 1.54) is 12.1 Å². The van der Waals surface area contributed by atoms with Gasteiger partial charge in [0.15, 0.2) is 0 Å². The van der Waals surface area contributed by atoms with E-state index in [1.807, 2.05) is 6.07 Å². The highest BCUT2D eigenvalue weighted by Gasteiger charge is 2.04. The number of halogens is 1. The van der Waals surface area contributed by atoms with Crippen LogP contribution in [-0.2, 0) is 0 Å². The second-order valence-corrected chi connectivity index (χ2v) is 3.51. The van der Waals surface area contributed by atoms with Crippen LogP contribution in [0.3, 0.4) is 0 Å². The number of anilines is 3. The minimum atomic E-state index is -0.297. The van der Waals surface area contributed by atoms with E-state index in [4.69, 9.17) is 11.0 Å². The zero-order valence-corrected chi connectivity index (χ0v) is 8.94. The van der Waals surface area contributed by atoms with Gasteiger partial charge >= 0.3 is 0 Å². The average molecular weight is 227 g/mol. The number of para-hydroxylation sites is 1. The molecule has 3 N–H and O–H groups in total. The third-order valence-corrected chi connectivity index (χ3v) is 2.35. The van der Waals surface area contributed by atoms with Crippen molar-refractivity contribution in [1.29, 1.82) is 5.26 Å². The molecular weight excluding hydrogens is 217 g/mol. The number of nitrogens with one attached hydrogen (secondary N) is 1. The van der Waals surface area contributed by atoms with E-state index in [9.17, 15) is 4.39 Å². The van der Waals surface area contributed by atoms with Crippen LogP contribution in [0, 0.1) is 17.1 Å². The lowest BCUT2D eigenvalue weighted by molar-refractivity contribution is 0.628. The molecule has 0 aromatic heterocycles. The second kappa shape index (κ2) is 4.54. The number of rotatable bonds is 2. The van der Waals surface area contributed by atoms with Gasteiger partial charge in [-0.2, -0.15) is 5.26 Å². The maximum Gasteiger partial charge on any atom is 0.123 e. The van der Waals surface area contributed by atoms with Gasteiger partial charge in [-0.3, -0.25) is 0 Å². The molecule has 2 aromatic rings. The summed E-state index contributed by atoms with van der Waals surface area (Å²) in [5, 5.41) is 11.9. The van der Waals surface area contributed by atoms with Gasteiger partial charge in [-0.1, -0.05) is 6.07 Å². The molecule has 2 rings (SSSR count). The van der Waals surface area contributed by atoms with Gasteiger partial charge in [0.2, 0.25) is 0 Å². The molecule has 3 nitrogen and oxygen atoms in total. The standard InChI is InChI=1S/C13H10FN3/c14-10-4-6-11(7-5-10)17-12-3-1-2-9(8-15)13(12)16/h1-7,17H,16H2. The molecule has 0 radical (unpaired) electrons. The Labute approximate surface area is 98.3 Å². The van der Waals surface area contributed by atoms with E-state index in [2.05, 4.69) is 5.32 Å². The number of benzene rings is 2. The van der Waals surface area contributed by atoms with Crippen molar-refractivity contribution < 1.29 is 4.39 Å². The number of nitrogens with two attached hydrogens (primary N) is 1. The Bertz CT molecular complexity index is 570. The largest absolute Gasteiger partial charge is 0.396 e. The van der Waals surface area contributed by atoms with Crippen molar-refractivity contribution in [2.45, 2.75) is 0 Å². The molecule has 0 spiro atoms. The molecule has 0 heterocycles. The van der Waals surface area contributed by atoms with E-state index >= 15 is 0 Å². The smallest absolute Gasteiger partial charge is 0.123 e. The summed E-state index contributed by atoms with van der Waals surface area (Å²) in [5.74, 6) is -0.297. The molecule has 0 aliphatic heterocycles. The number of nitrogens with zero attached hydrogens (tertiary/aromatic N) is 1. The van der Waals surface area contributed by atoms with Gasteiger partial charge in [-0.05, 0) is 36.4 Å². The van der Waals surface area contributed by atoms with E-state index in [-0.39, 0.29) is 5.82 Å². The number of hydrogen-bond acceptors (Lipinski definition) is 3. The van der Waals surface area contributed by atoms with Gasteiger partial charge in [-0.25, -0.2) is 4.39 Å². The van der Waals surface area contributed by atoms with Gasteiger partial charge < -0.3 is 11.1 Å². The molecule has 0 aliphatic rings. The van der Waals surface area contributed by atoms with E-state index < -0.39 is 0 Å². The molecule has 4 heteroatoms. The first-order valence-corrected chi connectivity index (χ1v) is 5.02. The highest BCUT2D eigenvalue weighted by molar-refractivity contribution is 5.77. The van der Waals surface area contributed by atoms with E-state index in [0.717, 1.165) is 0 Å². The number of hydrogen-bond donors (Lipinski definition) is 2. The fourth-order valence-electron chi connectivity index (χ4n) is 1.46. The van der Waals surface area contributed by atoms with Crippen molar-refractivity contribution in [1.82, 2.24) is 0 Å². The number of nitrogen functional groups attached to an aromatic ring is 1. The molecule has 0 amide bonds. The van der Waals surface area contributed by atoms with Crippen LogP contribution in [-0.4, -0.2) is 0 Å². The van der Waals surface area contributed by atoms with Gasteiger partial charge in [0, 0.05) is 5.69 Å². The lowest BCUT2D eigenvalue weighted by Gasteiger charge is -2.09. The van der Waals surface area contributed by atoms with Crippen LogP contribution >= 0.6 is 0 Å². The summed E-state index contributed by atoms with van der Waals surface area (Å²) in [4.78, 5) is 0. The fourth-order valence-corrected chi connectivity index (χ4v) is 1.46. The molecule has 0 unspecified atom stereocenters. The van der Waals surface area contributed by atoms with E-state index in [1.54, 1.807) is 30.3 Å². The second-order valence-electron chi connectivity index (χ2n) is 3.51. The van der Waals surface area contributed by atoms with Crippen molar-refractivity contribution in [3.8, 4) is 6.07 Å². The van der Waals surface area contributed by atoms with Gasteiger partial charge in [0.25, 0.3) is 0 Å². The van der Waals surface area contributed by atoms with Crippen LogP contribution in [0.25, 0.3) is 0 Å². The third kappa shape index (κ3) is 2.34. The van der Waals surface area contributed by atoms with Crippen molar-refractivity contribution in [3.05, 3.63) is 53.8 Å². The monoisotopic (exact) mass is 227 g/mol. The Hall–Kier alpha value is -2.54. The first-order valence-electron chi connectivity index (χ1n) is 5.02. The van der Waals surface area contributed by atoms with Crippen LogP contribution < -0.4 is 11.1 Å². The quantitative estimate of drug-likeness (QED) is 0.775. The van der Waals surface area contributed by atoms with Crippen LogP contribution in [0.1, 0.15) is 5.56 Å². The maximum atomic E-state index is 12.7. The zero-order valence-electron chi connectivity index (χ0n) is 8.94. The molecule has 17 heavy (non-hydrogen) atoms. The Morgan fingerprint density at radius 3 is 2.47 bits per heavy atom. The summed E-state index contributed by atoms with van der Waals surface area (Å²) < 4.78 is 12.7. The molecule has 2 aromatic carbocycles. The summed E-state index contributed by atoms with van der Waals surface area (Å²) in [6.45, 7) is 0. The Morgan fingerprint density at radius 2 is 1.82 bits per heavy atom. The predicted octanol–water partition coefficient (Wildman–Crippen LogP) is 3.02. The van der Waals surface area contributed by atoms with Gasteiger partial charge in [-0.15, -0.1) is 0 Å². The van der Waals surface area contributed by atoms with Crippen molar-refractivity contribution in [2.24, 2.45) is 0 Å². The van der Waals surface area contributed by atoms with Crippen LogP contribution in [0.2, 0.25) is 0 Å². The zero-order chi connectivity index (χ0) is 12.3. The Morgan fingerprint density at radius 1 is 1.12 bits per heavy atom. The first kappa shape index (κ1) is 11.0. The fraction of sp³-hybridized carbons (Fsp3) is 0. The Balaban J connectivity index is 2.31. The lowest BCUT2D eigenvalue weighted by atomic mass is 10.1. The summed E-state index contributed by atoms with van der Waals surface area (Å²) in [7, 11) is 0. The van der Waals surface area contributed by atoms with Crippen LogP contribution in [0.15, 0.2) is 42.5 Å². The summed E-state index contributed by atoms with van der Waals surface area (Å²) in [5.41, 5.74) is 7.97. The van der Waals surface area contributed by atoms with Gasteiger partial charge in [0.1, 0.15) is 11.9 Å². The number of nitriles is 1. The molecule has 0 fully saturated rings. The minimum Gasteiger partial charge on any atom is -0.396 e. The van der Waals surface area contributed by atoms with Crippen LogP contribution in [0.4, 0.5) is 21.5 Å². The topological polar surface area (TPSA) is 61.8 Å². The molecule has 0 aliphatic carbocycles. The summed E-state index contributed by atoms with van der Waals surface area (Å²) in [6, 6.07) is 13.1. The highest BCUT2D eigenvalue weighted by Crippen LogP contribution is 2.25. The summed E-state index contributed by atoms with van der Waals surface area (Å²) in [6.07, 6.45) is 0. The van der Waals surface area contributed by atoms with Crippen molar-refractivity contribution in [2.75, 3.05) is 11.1 Å². The first-order chi connectivity index (χ1) is 8.20. The average Bonchev–Trinajstić information content (AvgIpc) is 2.35. The highest BCUT2D eigenvalue weighted by atomic mass is 19.1. The molecule has 0 atom stereocenters. The van der Waals surface area contributed by atoms with Gasteiger partial charge in [0.05, 0.1) is 16.9 Å². The molecule has 0 bridgehead atoms. The van der Waals surface area contributed by atoms with Crippen molar-refractivity contribution in [3.63, 3.8) is 0 Å². The minimum absolute atomic E-state index is 0.297.